The number of rotatable bonds is 2. The van der Waals surface area contributed by atoms with Gasteiger partial charge < -0.3 is 4.84 Å². The van der Waals surface area contributed by atoms with Crippen molar-refractivity contribution in [3.8, 4) is 0 Å². The van der Waals surface area contributed by atoms with Gasteiger partial charge in [0.05, 0.1) is 5.71 Å². The van der Waals surface area contributed by atoms with E-state index >= 15 is 0 Å². The summed E-state index contributed by atoms with van der Waals surface area (Å²) in [6, 6.07) is 0. The predicted molar refractivity (Wildman–Crippen MR) is 53.7 cm³/mol. The zero-order valence-electron chi connectivity index (χ0n) is 8.62. The normalized spacial score (nSPS) is 29.5. The standard InChI is InChI=1S/C11H19NO/c1-8(2)10-7-11(13-12-10)9-5-3-4-6-9/h8-9,11H,3-7H2,1-2H3. The smallest absolute Gasteiger partial charge is 0.135 e. The van der Waals surface area contributed by atoms with Gasteiger partial charge in [-0.2, -0.15) is 0 Å². The molecular weight excluding hydrogens is 162 g/mol. The highest BCUT2D eigenvalue weighted by molar-refractivity contribution is 5.87. The Kier molecular flexibility index (Phi) is 2.56. The molecule has 0 spiro atoms. The third-order valence-corrected chi connectivity index (χ3v) is 3.31. The largest absolute Gasteiger partial charge is 0.392 e. The molecule has 1 saturated carbocycles. The van der Waals surface area contributed by atoms with Crippen LogP contribution in [-0.4, -0.2) is 11.8 Å². The topological polar surface area (TPSA) is 21.6 Å². The second-order valence-corrected chi connectivity index (χ2v) is 4.63. The highest BCUT2D eigenvalue weighted by Gasteiger charge is 2.32. The van der Waals surface area contributed by atoms with Gasteiger partial charge in [-0.3, -0.25) is 0 Å². The van der Waals surface area contributed by atoms with Crippen molar-refractivity contribution in [1.82, 2.24) is 0 Å². The first kappa shape index (κ1) is 9.04. The van der Waals surface area contributed by atoms with Gasteiger partial charge in [0.25, 0.3) is 0 Å². The van der Waals surface area contributed by atoms with E-state index in [0.29, 0.717) is 12.0 Å². The number of hydrogen-bond acceptors (Lipinski definition) is 2. The van der Waals surface area contributed by atoms with Crippen LogP contribution in [0.25, 0.3) is 0 Å². The van der Waals surface area contributed by atoms with Gasteiger partial charge in [-0.1, -0.05) is 31.8 Å². The molecule has 0 aromatic carbocycles. The molecule has 2 nitrogen and oxygen atoms in total. The lowest BCUT2D eigenvalue weighted by Crippen LogP contribution is -2.19. The van der Waals surface area contributed by atoms with Crippen molar-refractivity contribution in [3.63, 3.8) is 0 Å². The second-order valence-electron chi connectivity index (χ2n) is 4.63. The van der Waals surface area contributed by atoms with Gasteiger partial charge in [-0.25, -0.2) is 0 Å². The van der Waals surface area contributed by atoms with Gasteiger partial charge >= 0.3 is 0 Å². The van der Waals surface area contributed by atoms with Crippen LogP contribution < -0.4 is 0 Å². The molecule has 74 valence electrons. The van der Waals surface area contributed by atoms with Crippen LogP contribution >= 0.6 is 0 Å². The molecule has 1 aliphatic carbocycles. The number of oxime groups is 1. The van der Waals surface area contributed by atoms with Crippen LogP contribution in [0, 0.1) is 11.8 Å². The summed E-state index contributed by atoms with van der Waals surface area (Å²) in [6.07, 6.45) is 6.99. The van der Waals surface area contributed by atoms with Gasteiger partial charge in [0.15, 0.2) is 0 Å². The molecule has 0 aromatic rings. The average molecular weight is 181 g/mol. The number of hydrogen-bond donors (Lipinski definition) is 0. The van der Waals surface area contributed by atoms with Gasteiger partial charge in [0.1, 0.15) is 6.10 Å². The zero-order valence-corrected chi connectivity index (χ0v) is 8.62. The summed E-state index contributed by atoms with van der Waals surface area (Å²) in [5.74, 6) is 1.35. The molecule has 13 heavy (non-hydrogen) atoms. The molecule has 0 radical (unpaired) electrons. The molecule has 2 aliphatic rings. The molecule has 1 heterocycles. The molecule has 0 saturated heterocycles. The fourth-order valence-corrected chi connectivity index (χ4v) is 2.34. The van der Waals surface area contributed by atoms with E-state index < -0.39 is 0 Å². The SMILES string of the molecule is CC(C)C1=NOC(C2CCCC2)C1. The lowest BCUT2D eigenvalue weighted by Gasteiger charge is -2.15. The van der Waals surface area contributed by atoms with Crippen LogP contribution in [0.4, 0.5) is 0 Å². The molecule has 1 aliphatic heterocycles. The maximum Gasteiger partial charge on any atom is 0.135 e. The average Bonchev–Trinajstić information content (AvgIpc) is 2.75. The molecular formula is C11H19NO. The van der Waals surface area contributed by atoms with E-state index in [1.165, 1.54) is 31.4 Å². The van der Waals surface area contributed by atoms with Crippen molar-refractivity contribution in [2.45, 2.75) is 52.1 Å². The van der Waals surface area contributed by atoms with Gasteiger partial charge in [-0.05, 0) is 24.7 Å². The summed E-state index contributed by atoms with van der Waals surface area (Å²) in [5.41, 5.74) is 1.26. The molecule has 1 unspecified atom stereocenters. The lowest BCUT2D eigenvalue weighted by atomic mass is 9.93. The first-order valence-electron chi connectivity index (χ1n) is 5.50. The minimum atomic E-state index is 0.417. The second kappa shape index (κ2) is 3.69. The minimum Gasteiger partial charge on any atom is -0.392 e. The van der Waals surface area contributed by atoms with E-state index in [1.54, 1.807) is 0 Å². The van der Waals surface area contributed by atoms with Crippen molar-refractivity contribution >= 4 is 5.71 Å². The van der Waals surface area contributed by atoms with Crippen molar-refractivity contribution in [1.29, 1.82) is 0 Å². The van der Waals surface area contributed by atoms with Crippen molar-refractivity contribution < 1.29 is 4.84 Å². The molecule has 0 bridgehead atoms. The van der Waals surface area contributed by atoms with Crippen molar-refractivity contribution in [2.24, 2.45) is 17.0 Å². The third-order valence-electron chi connectivity index (χ3n) is 3.31. The molecule has 1 fully saturated rings. The van der Waals surface area contributed by atoms with Crippen LogP contribution in [0.2, 0.25) is 0 Å². The Balaban J connectivity index is 1.87. The van der Waals surface area contributed by atoms with E-state index in [0.717, 1.165) is 12.3 Å². The number of nitrogens with zero attached hydrogens (tertiary/aromatic N) is 1. The Morgan fingerprint density at radius 2 is 2.00 bits per heavy atom. The van der Waals surface area contributed by atoms with E-state index in [-0.39, 0.29) is 0 Å². The Bertz CT molecular complexity index is 204. The van der Waals surface area contributed by atoms with Gasteiger partial charge in [0, 0.05) is 6.42 Å². The van der Waals surface area contributed by atoms with Crippen LogP contribution in [0.1, 0.15) is 46.0 Å². The minimum absolute atomic E-state index is 0.417. The van der Waals surface area contributed by atoms with Crippen molar-refractivity contribution in [2.75, 3.05) is 0 Å². The van der Waals surface area contributed by atoms with Gasteiger partial charge in [0.2, 0.25) is 0 Å². The summed E-state index contributed by atoms with van der Waals surface area (Å²) in [5, 5.41) is 4.18. The Morgan fingerprint density at radius 3 is 2.54 bits per heavy atom. The molecule has 0 amide bonds. The molecule has 0 N–H and O–H groups in total. The van der Waals surface area contributed by atoms with Crippen LogP contribution in [0.3, 0.4) is 0 Å². The summed E-state index contributed by atoms with van der Waals surface area (Å²) >= 11 is 0. The van der Waals surface area contributed by atoms with Crippen LogP contribution in [0.15, 0.2) is 5.16 Å². The van der Waals surface area contributed by atoms with E-state index in [1.807, 2.05) is 0 Å². The summed E-state index contributed by atoms with van der Waals surface area (Å²) < 4.78 is 0. The Labute approximate surface area is 80.3 Å². The third kappa shape index (κ3) is 1.87. The Hall–Kier alpha value is -0.530. The maximum absolute atomic E-state index is 5.50. The molecule has 0 aromatic heterocycles. The van der Waals surface area contributed by atoms with Crippen LogP contribution in [-0.2, 0) is 4.84 Å². The summed E-state index contributed by atoms with van der Waals surface area (Å²) in [4.78, 5) is 5.50. The summed E-state index contributed by atoms with van der Waals surface area (Å²) in [6.45, 7) is 4.39. The summed E-state index contributed by atoms with van der Waals surface area (Å²) in [7, 11) is 0. The first-order valence-corrected chi connectivity index (χ1v) is 5.50. The fourth-order valence-electron chi connectivity index (χ4n) is 2.34. The van der Waals surface area contributed by atoms with E-state index in [4.69, 9.17) is 4.84 Å². The maximum atomic E-state index is 5.50. The monoisotopic (exact) mass is 181 g/mol. The Morgan fingerprint density at radius 1 is 1.31 bits per heavy atom. The predicted octanol–water partition coefficient (Wildman–Crippen LogP) is 2.98. The van der Waals surface area contributed by atoms with Gasteiger partial charge in [-0.15, -0.1) is 0 Å². The van der Waals surface area contributed by atoms with Crippen LogP contribution in [0.5, 0.6) is 0 Å². The molecule has 2 rings (SSSR count). The fraction of sp³-hybridized carbons (Fsp3) is 0.909. The highest BCUT2D eigenvalue weighted by Crippen LogP contribution is 2.33. The lowest BCUT2D eigenvalue weighted by molar-refractivity contribution is 0.0425. The highest BCUT2D eigenvalue weighted by atomic mass is 16.6. The molecule has 1 atom stereocenters. The zero-order chi connectivity index (χ0) is 9.26. The molecule has 2 heteroatoms. The first-order chi connectivity index (χ1) is 6.27. The van der Waals surface area contributed by atoms with Crippen molar-refractivity contribution in [3.05, 3.63) is 0 Å². The quantitative estimate of drug-likeness (QED) is 0.641. The van der Waals surface area contributed by atoms with E-state index in [9.17, 15) is 0 Å². The van der Waals surface area contributed by atoms with E-state index in [2.05, 4.69) is 19.0 Å².